The maximum Gasteiger partial charge on any atom is 0.307 e. The third-order valence-electron chi connectivity index (χ3n) is 3.83. The van der Waals surface area contributed by atoms with Crippen molar-refractivity contribution in [3.63, 3.8) is 0 Å². The Morgan fingerprint density at radius 2 is 1.96 bits per heavy atom. The first-order valence-corrected chi connectivity index (χ1v) is 8.34. The molecule has 0 bridgehead atoms. The highest BCUT2D eigenvalue weighted by Gasteiger charge is 2.21. The Balaban J connectivity index is 2.12. The minimum atomic E-state index is -0.310. The lowest BCUT2D eigenvalue weighted by molar-refractivity contribution is -0.144. The molecule has 0 aliphatic carbocycles. The molecule has 5 nitrogen and oxygen atoms in total. The predicted molar refractivity (Wildman–Crippen MR) is 95.6 cm³/mol. The molecule has 132 valence electrons. The number of benzene rings is 1. The summed E-state index contributed by atoms with van der Waals surface area (Å²) >= 11 is 0. The quantitative estimate of drug-likeness (QED) is 0.541. The van der Waals surface area contributed by atoms with Gasteiger partial charge in [0.2, 0.25) is 5.91 Å². The Morgan fingerprint density at radius 3 is 2.60 bits per heavy atom. The second-order valence-corrected chi connectivity index (χ2v) is 5.52. The molecule has 5 heteroatoms. The van der Waals surface area contributed by atoms with Gasteiger partial charge in [0.15, 0.2) is 0 Å². The third-order valence-corrected chi connectivity index (χ3v) is 3.83. The molecular formula is C20H23NO4. The average Bonchev–Trinajstić information content (AvgIpc) is 3.14. The van der Waals surface area contributed by atoms with Crippen molar-refractivity contribution in [1.29, 1.82) is 0 Å². The van der Waals surface area contributed by atoms with E-state index in [4.69, 9.17) is 9.15 Å². The van der Waals surface area contributed by atoms with E-state index in [1.165, 1.54) is 6.08 Å². The number of rotatable bonds is 8. The van der Waals surface area contributed by atoms with E-state index in [1.807, 2.05) is 37.3 Å². The van der Waals surface area contributed by atoms with Gasteiger partial charge in [-0.05, 0) is 37.6 Å². The van der Waals surface area contributed by atoms with Crippen molar-refractivity contribution in [2.24, 2.45) is 0 Å². The molecule has 0 spiro atoms. The monoisotopic (exact) mass is 341 g/mol. The molecule has 0 aliphatic rings. The van der Waals surface area contributed by atoms with Gasteiger partial charge in [-0.2, -0.15) is 0 Å². The summed E-state index contributed by atoms with van der Waals surface area (Å²) < 4.78 is 10.2. The van der Waals surface area contributed by atoms with Crippen LogP contribution < -0.4 is 0 Å². The molecule has 1 heterocycles. The van der Waals surface area contributed by atoms with Crippen molar-refractivity contribution in [3.05, 3.63) is 66.1 Å². The Labute approximate surface area is 147 Å². The van der Waals surface area contributed by atoms with Gasteiger partial charge >= 0.3 is 5.97 Å². The Bertz CT molecular complexity index is 692. The molecule has 1 aromatic carbocycles. The molecule has 1 aromatic heterocycles. The van der Waals surface area contributed by atoms with Crippen molar-refractivity contribution in [2.45, 2.75) is 26.3 Å². The van der Waals surface area contributed by atoms with Crippen molar-refractivity contribution in [3.8, 4) is 0 Å². The fraction of sp³-hybridized carbons (Fsp3) is 0.300. The molecule has 2 aromatic rings. The first-order valence-electron chi connectivity index (χ1n) is 8.34. The van der Waals surface area contributed by atoms with E-state index in [0.717, 1.165) is 5.56 Å². The van der Waals surface area contributed by atoms with Gasteiger partial charge in [0.25, 0.3) is 0 Å². The fourth-order valence-corrected chi connectivity index (χ4v) is 2.49. The zero-order valence-corrected chi connectivity index (χ0v) is 14.6. The van der Waals surface area contributed by atoms with Crippen LogP contribution in [-0.2, 0) is 14.3 Å². The number of hydrogen-bond donors (Lipinski definition) is 0. The molecule has 0 aliphatic heterocycles. The molecule has 1 atom stereocenters. The molecule has 1 unspecified atom stereocenters. The van der Waals surface area contributed by atoms with Crippen molar-refractivity contribution in [2.75, 3.05) is 13.2 Å². The second kappa shape index (κ2) is 9.47. The molecule has 0 N–H and O–H groups in total. The van der Waals surface area contributed by atoms with Crippen LogP contribution in [0.5, 0.6) is 0 Å². The van der Waals surface area contributed by atoms with Gasteiger partial charge in [-0.1, -0.05) is 30.3 Å². The molecule has 0 fully saturated rings. The van der Waals surface area contributed by atoms with E-state index in [-0.39, 0.29) is 30.9 Å². The number of esters is 1. The Morgan fingerprint density at radius 1 is 1.20 bits per heavy atom. The van der Waals surface area contributed by atoms with Crippen LogP contribution in [0.25, 0.3) is 6.08 Å². The normalized spacial score (nSPS) is 12.1. The van der Waals surface area contributed by atoms with Gasteiger partial charge in [0.05, 0.1) is 25.3 Å². The second-order valence-electron chi connectivity index (χ2n) is 5.52. The van der Waals surface area contributed by atoms with Crippen LogP contribution >= 0.6 is 0 Å². The summed E-state index contributed by atoms with van der Waals surface area (Å²) in [6, 6.07) is 13.1. The molecule has 0 saturated carbocycles. The molecule has 25 heavy (non-hydrogen) atoms. The number of amides is 1. The first kappa shape index (κ1) is 18.5. The number of ether oxygens (including phenoxy) is 1. The van der Waals surface area contributed by atoms with E-state index in [9.17, 15) is 9.59 Å². The highest BCUT2D eigenvalue weighted by atomic mass is 16.5. The van der Waals surface area contributed by atoms with Crippen LogP contribution in [-0.4, -0.2) is 29.9 Å². The number of nitrogens with zero attached hydrogens (tertiary/aromatic N) is 1. The van der Waals surface area contributed by atoms with Crippen LogP contribution in [0.1, 0.15) is 37.6 Å². The van der Waals surface area contributed by atoms with Crippen LogP contribution in [0, 0.1) is 0 Å². The summed E-state index contributed by atoms with van der Waals surface area (Å²) in [6.45, 7) is 4.33. The van der Waals surface area contributed by atoms with Gasteiger partial charge < -0.3 is 14.1 Å². The summed E-state index contributed by atoms with van der Waals surface area (Å²) in [5, 5.41) is 0. The SMILES string of the molecule is CCOC(=O)CCN(C(=O)/C=C/c1ccco1)C(C)c1ccccc1. The lowest BCUT2D eigenvalue weighted by Crippen LogP contribution is -2.34. The van der Waals surface area contributed by atoms with Crippen LogP contribution in [0.15, 0.2) is 59.2 Å². The van der Waals surface area contributed by atoms with Crippen LogP contribution in [0.3, 0.4) is 0 Å². The average molecular weight is 341 g/mol. The van der Waals surface area contributed by atoms with Crippen LogP contribution in [0.2, 0.25) is 0 Å². The third kappa shape index (κ3) is 5.64. The topological polar surface area (TPSA) is 59.8 Å². The minimum absolute atomic E-state index is 0.158. The Hall–Kier alpha value is -2.82. The maximum atomic E-state index is 12.7. The molecule has 1 amide bonds. The number of carbonyl (C=O) groups is 2. The van der Waals surface area contributed by atoms with E-state index >= 15 is 0 Å². The summed E-state index contributed by atoms with van der Waals surface area (Å²) in [7, 11) is 0. The van der Waals surface area contributed by atoms with Crippen molar-refractivity contribution >= 4 is 18.0 Å². The summed E-state index contributed by atoms with van der Waals surface area (Å²) in [4.78, 5) is 26.0. The highest BCUT2D eigenvalue weighted by molar-refractivity contribution is 5.92. The Kier molecular flexibility index (Phi) is 7.01. The van der Waals surface area contributed by atoms with E-state index in [0.29, 0.717) is 12.4 Å². The van der Waals surface area contributed by atoms with Gasteiger partial charge in [0.1, 0.15) is 5.76 Å². The minimum Gasteiger partial charge on any atom is -0.466 e. The summed E-state index contributed by atoms with van der Waals surface area (Å²) in [5.74, 6) is 0.110. The summed E-state index contributed by atoms with van der Waals surface area (Å²) in [5.41, 5.74) is 1.01. The lowest BCUT2D eigenvalue weighted by Gasteiger charge is -2.28. The molecule has 0 radical (unpaired) electrons. The first-order chi connectivity index (χ1) is 12.1. The number of carbonyl (C=O) groups excluding carboxylic acids is 2. The van der Waals surface area contributed by atoms with Crippen molar-refractivity contribution < 1.29 is 18.7 Å². The van der Waals surface area contributed by atoms with E-state index in [2.05, 4.69) is 0 Å². The van der Waals surface area contributed by atoms with E-state index < -0.39 is 0 Å². The molecular weight excluding hydrogens is 318 g/mol. The van der Waals surface area contributed by atoms with Gasteiger partial charge in [-0.25, -0.2) is 0 Å². The van der Waals surface area contributed by atoms with Gasteiger partial charge in [-0.15, -0.1) is 0 Å². The number of furan rings is 1. The van der Waals surface area contributed by atoms with Crippen LogP contribution in [0.4, 0.5) is 0 Å². The van der Waals surface area contributed by atoms with Gasteiger partial charge in [-0.3, -0.25) is 9.59 Å². The standard InChI is InChI=1S/C20H23NO4/c1-3-24-20(23)13-14-21(16(2)17-8-5-4-6-9-17)19(22)12-11-18-10-7-15-25-18/h4-12,15-16H,3,13-14H2,1-2H3/b12-11+. The van der Waals surface area contributed by atoms with Crippen molar-refractivity contribution in [1.82, 2.24) is 4.90 Å². The van der Waals surface area contributed by atoms with Gasteiger partial charge in [0, 0.05) is 12.6 Å². The predicted octanol–water partition coefficient (Wildman–Crippen LogP) is 3.84. The number of hydrogen-bond acceptors (Lipinski definition) is 4. The zero-order valence-electron chi connectivity index (χ0n) is 14.6. The largest absolute Gasteiger partial charge is 0.466 e. The molecule has 0 saturated heterocycles. The lowest BCUT2D eigenvalue weighted by atomic mass is 10.1. The highest BCUT2D eigenvalue weighted by Crippen LogP contribution is 2.21. The van der Waals surface area contributed by atoms with E-state index in [1.54, 1.807) is 36.3 Å². The fourth-order valence-electron chi connectivity index (χ4n) is 2.49. The smallest absolute Gasteiger partial charge is 0.307 e. The molecule has 2 rings (SSSR count). The summed E-state index contributed by atoms with van der Waals surface area (Å²) in [6.07, 6.45) is 4.79. The zero-order chi connectivity index (χ0) is 18.1. The maximum absolute atomic E-state index is 12.7.